The third kappa shape index (κ3) is 6.06. The average molecular weight is 396 g/mol. The molecule has 154 valence electrons. The lowest BCUT2D eigenvalue weighted by Crippen LogP contribution is -2.33. The van der Waals surface area contributed by atoms with Gasteiger partial charge in [0.1, 0.15) is 0 Å². The highest BCUT2D eigenvalue weighted by Crippen LogP contribution is 2.27. The first-order chi connectivity index (χ1) is 14.2. The quantitative estimate of drug-likeness (QED) is 0.673. The third-order valence-electron chi connectivity index (χ3n) is 5.02. The van der Waals surface area contributed by atoms with Crippen LogP contribution in [0.25, 0.3) is 0 Å². The molecule has 6 heteroatoms. The number of nitrogens with one attached hydrogen (secondary N) is 2. The van der Waals surface area contributed by atoms with Gasteiger partial charge in [-0.3, -0.25) is 9.59 Å². The van der Waals surface area contributed by atoms with Crippen LogP contribution in [0.4, 0.5) is 11.4 Å². The molecule has 0 aliphatic carbocycles. The number of anilines is 2. The number of hydrogen-bond acceptors (Lipinski definition) is 4. The van der Waals surface area contributed by atoms with Crippen LogP contribution >= 0.6 is 0 Å². The molecule has 2 aromatic carbocycles. The predicted molar refractivity (Wildman–Crippen MR) is 115 cm³/mol. The van der Waals surface area contributed by atoms with E-state index in [9.17, 15) is 9.59 Å². The van der Waals surface area contributed by atoms with Gasteiger partial charge < -0.3 is 20.3 Å². The first-order valence-corrected chi connectivity index (χ1v) is 10.2. The number of ether oxygens (including phenoxy) is 1. The van der Waals surface area contributed by atoms with Crippen molar-refractivity contribution in [2.24, 2.45) is 0 Å². The van der Waals surface area contributed by atoms with Gasteiger partial charge in [-0.05, 0) is 43.0 Å². The molecule has 3 rings (SSSR count). The topological polar surface area (TPSA) is 70.7 Å². The van der Waals surface area contributed by atoms with E-state index in [2.05, 4.69) is 15.5 Å². The Hall–Kier alpha value is -2.86. The van der Waals surface area contributed by atoms with Gasteiger partial charge >= 0.3 is 0 Å². The van der Waals surface area contributed by atoms with E-state index in [1.165, 1.54) is 6.42 Å². The van der Waals surface area contributed by atoms with Crippen molar-refractivity contribution in [2.75, 3.05) is 43.6 Å². The highest BCUT2D eigenvalue weighted by molar-refractivity contribution is 6.02. The van der Waals surface area contributed by atoms with Crippen LogP contribution in [0.5, 0.6) is 0 Å². The van der Waals surface area contributed by atoms with Gasteiger partial charge in [0.2, 0.25) is 5.91 Å². The van der Waals surface area contributed by atoms with E-state index in [1.807, 2.05) is 42.5 Å². The first kappa shape index (κ1) is 20.9. The number of nitrogens with zero attached hydrogens (tertiary/aromatic N) is 1. The minimum absolute atomic E-state index is 0.104. The third-order valence-corrected chi connectivity index (χ3v) is 5.02. The Morgan fingerprint density at radius 1 is 1.03 bits per heavy atom. The van der Waals surface area contributed by atoms with Gasteiger partial charge in [0.25, 0.3) is 5.91 Å². The molecule has 1 aliphatic heterocycles. The summed E-state index contributed by atoms with van der Waals surface area (Å²) in [7, 11) is 1.61. The second-order valence-corrected chi connectivity index (χ2v) is 7.24. The van der Waals surface area contributed by atoms with Crippen LogP contribution in [-0.2, 0) is 16.0 Å². The molecule has 0 spiro atoms. The van der Waals surface area contributed by atoms with Crippen LogP contribution in [0.15, 0.2) is 48.5 Å². The molecule has 0 bridgehead atoms. The Balaban J connectivity index is 1.76. The van der Waals surface area contributed by atoms with Crippen molar-refractivity contribution in [2.45, 2.75) is 25.7 Å². The molecule has 1 saturated heterocycles. The lowest BCUT2D eigenvalue weighted by molar-refractivity contribution is -0.115. The monoisotopic (exact) mass is 395 g/mol. The zero-order valence-electron chi connectivity index (χ0n) is 16.9. The molecule has 0 radical (unpaired) electrons. The SMILES string of the molecule is COCCNC(=O)c1cc(NC(=O)Cc2ccccc2)ccc1N1CCCCC1. The molecular weight excluding hydrogens is 366 g/mol. The van der Waals surface area contributed by atoms with Crippen molar-refractivity contribution in [1.29, 1.82) is 0 Å². The van der Waals surface area contributed by atoms with E-state index in [4.69, 9.17) is 4.74 Å². The fourth-order valence-electron chi connectivity index (χ4n) is 3.55. The smallest absolute Gasteiger partial charge is 0.253 e. The second-order valence-electron chi connectivity index (χ2n) is 7.24. The van der Waals surface area contributed by atoms with Gasteiger partial charge in [-0.15, -0.1) is 0 Å². The summed E-state index contributed by atoms with van der Waals surface area (Å²) in [4.78, 5) is 27.5. The summed E-state index contributed by atoms with van der Waals surface area (Å²) in [6, 6.07) is 15.2. The minimum atomic E-state index is -0.151. The van der Waals surface area contributed by atoms with Crippen molar-refractivity contribution < 1.29 is 14.3 Å². The van der Waals surface area contributed by atoms with Gasteiger partial charge in [-0.25, -0.2) is 0 Å². The Bertz CT molecular complexity index is 817. The van der Waals surface area contributed by atoms with Crippen molar-refractivity contribution >= 4 is 23.2 Å². The Kier molecular flexibility index (Phi) is 7.64. The predicted octanol–water partition coefficient (Wildman–Crippen LogP) is 3.23. The van der Waals surface area contributed by atoms with E-state index < -0.39 is 0 Å². The van der Waals surface area contributed by atoms with Gasteiger partial charge in [0, 0.05) is 38.1 Å². The summed E-state index contributed by atoms with van der Waals surface area (Å²) in [5.74, 6) is -0.255. The highest BCUT2D eigenvalue weighted by atomic mass is 16.5. The maximum atomic E-state index is 12.8. The zero-order valence-corrected chi connectivity index (χ0v) is 16.9. The molecule has 6 nitrogen and oxygen atoms in total. The number of hydrogen-bond donors (Lipinski definition) is 2. The maximum absolute atomic E-state index is 12.8. The molecule has 0 aromatic heterocycles. The fraction of sp³-hybridized carbons (Fsp3) is 0.391. The largest absolute Gasteiger partial charge is 0.383 e. The van der Waals surface area contributed by atoms with Crippen LogP contribution < -0.4 is 15.5 Å². The van der Waals surface area contributed by atoms with Crippen molar-refractivity contribution in [3.63, 3.8) is 0 Å². The molecule has 2 amide bonds. The highest BCUT2D eigenvalue weighted by Gasteiger charge is 2.19. The summed E-state index contributed by atoms with van der Waals surface area (Å²) < 4.78 is 5.03. The van der Waals surface area contributed by atoms with Crippen LogP contribution in [0.3, 0.4) is 0 Å². The summed E-state index contributed by atoms with van der Waals surface area (Å²) in [5.41, 5.74) is 3.08. The van der Waals surface area contributed by atoms with Gasteiger partial charge in [0.15, 0.2) is 0 Å². The molecule has 2 aromatic rings. The van der Waals surface area contributed by atoms with E-state index in [1.54, 1.807) is 13.2 Å². The molecule has 1 heterocycles. The fourth-order valence-corrected chi connectivity index (χ4v) is 3.55. The van der Waals surface area contributed by atoms with Crippen LogP contribution in [0.1, 0.15) is 35.2 Å². The normalized spacial score (nSPS) is 13.8. The van der Waals surface area contributed by atoms with E-state index in [-0.39, 0.29) is 11.8 Å². The number of carbonyl (C=O) groups is 2. The molecule has 2 N–H and O–H groups in total. The Morgan fingerprint density at radius 2 is 1.79 bits per heavy atom. The van der Waals surface area contributed by atoms with Crippen LogP contribution in [0.2, 0.25) is 0 Å². The minimum Gasteiger partial charge on any atom is -0.383 e. The van der Waals surface area contributed by atoms with Crippen molar-refractivity contribution in [3.05, 3.63) is 59.7 Å². The molecule has 0 unspecified atom stereocenters. The summed E-state index contributed by atoms with van der Waals surface area (Å²) in [5, 5.41) is 5.82. The molecular formula is C23H29N3O3. The number of carbonyl (C=O) groups excluding carboxylic acids is 2. The average Bonchev–Trinajstić information content (AvgIpc) is 2.75. The summed E-state index contributed by atoms with van der Waals surface area (Å²) in [6.45, 7) is 2.79. The molecule has 0 atom stereocenters. The standard InChI is InChI=1S/C23H29N3O3/c1-29-15-12-24-23(28)20-17-19(10-11-21(20)26-13-6-3-7-14-26)25-22(27)16-18-8-4-2-5-9-18/h2,4-5,8-11,17H,3,6-7,12-16H2,1H3,(H,24,28)(H,25,27). The van der Waals surface area contributed by atoms with Gasteiger partial charge in [0.05, 0.1) is 18.6 Å². The lowest BCUT2D eigenvalue weighted by atomic mass is 10.1. The van der Waals surface area contributed by atoms with E-state index in [0.29, 0.717) is 30.8 Å². The Labute approximate surface area is 172 Å². The molecule has 1 fully saturated rings. The second kappa shape index (κ2) is 10.6. The van der Waals surface area contributed by atoms with Gasteiger partial charge in [-0.1, -0.05) is 30.3 Å². The number of benzene rings is 2. The lowest BCUT2D eigenvalue weighted by Gasteiger charge is -2.30. The number of piperidine rings is 1. The van der Waals surface area contributed by atoms with E-state index in [0.717, 1.165) is 37.2 Å². The Morgan fingerprint density at radius 3 is 2.52 bits per heavy atom. The molecule has 0 saturated carbocycles. The first-order valence-electron chi connectivity index (χ1n) is 10.2. The van der Waals surface area contributed by atoms with Crippen LogP contribution in [-0.4, -0.2) is 45.2 Å². The van der Waals surface area contributed by atoms with Crippen molar-refractivity contribution in [1.82, 2.24) is 5.32 Å². The summed E-state index contributed by atoms with van der Waals surface area (Å²) >= 11 is 0. The molecule has 29 heavy (non-hydrogen) atoms. The molecule has 1 aliphatic rings. The van der Waals surface area contributed by atoms with Crippen molar-refractivity contribution in [3.8, 4) is 0 Å². The van der Waals surface area contributed by atoms with Gasteiger partial charge in [-0.2, -0.15) is 0 Å². The zero-order chi connectivity index (χ0) is 20.5. The maximum Gasteiger partial charge on any atom is 0.253 e. The summed E-state index contributed by atoms with van der Waals surface area (Å²) in [6.07, 6.45) is 3.77. The number of rotatable bonds is 8. The van der Waals surface area contributed by atoms with E-state index >= 15 is 0 Å². The van der Waals surface area contributed by atoms with Crippen LogP contribution in [0, 0.1) is 0 Å². The number of amides is 2. The number of methoxy groups -OCH3 is 1.